The van der Waals surface area contributed by atoms with Crippen molar-refractivity contribution in [3.8, 4) is 0 Å². The van der Waals surface area contributed by atoms with Crippen molar-refractivity contribution in [1.29, 1.82) is 0 Å². The third-order valence-electron chi connectivity index (χ3n) is 4.43. The van der Waals surface area contributed by atoms with Crippen LogP contribution in [0.3, 0.4) is 0 Å². The Morgan fingerprint density at radius 1 is 1.42 bits per heavy atom. The van der Waals surface area contributed by atoms with Gasteiger partial charge in [-0.15, -0.1) is 11.3 Å². The van der Waals surface area contributed by atoms with E-state index in [0.717, 1.165) is 43.2 Å². The molecule has 0 spiro atoms. The molecule has 1 fully saturated rings. The van der Waals surface area contributed by atoms with Crippen LogP contribution in [0.2, 0.25) is 0 Å². The van der Waals surface area contributed by atoms with E-state index < -0.39 is 0 Å². The maximum atomic E-state index is 11.7. The number of aromatic nitrogens is 2. The summed E-state index contributed by atoms with van der Waals surface area (Å²) >= 11 is 1.58. The quantitative estimate of drug-likeness (QED) is 0.777. The van der Waals surface area contributed by atoms with Crippen molar-refractivity contribution in [3.05, 3.63) is 45.7 Å². The largest absolute Gasteiger partial charge is 0.461 e. The summed E-state index contributed by atoms with van der Waals surface area (Å²) in [5, 5.41) is 2.88. The molecule has 0 bridgehead atoms. The van der Waals surface area contributed by atoms with Crippen LogP contribution in [0.4, 0.5) is 0 Å². The average Bonchev–Trinajstić information content (AvgIpc) is 3.08. The Morgan fingerprint density at radius 3 is 2.92 bits per heavy atom. The topological polar surface area (TPSA) is 55.3 Å². The summed E-state index contributed by atoms with van der Waals surface area (Å²) in [5.41, 5.74) is 2.86. The van der Waals surface area contributed by atoms with Gasteiger partial charge in [0.15, 0.2) is 5.69 Å². The average molecular weight is 345 g/mol. The Morgan fingerprint density at radius 2 is 2.21 bits per heavy atom. The van der Waals surface area contributed by atoms with Crippen LogP contribution in [0.15, 0.2) is 23.7 Å². The Bertz CT molecular complexity index is 693. The predicted molar refractivity (Wildman–Crippen MR) is 94.3 cm³/mol. The molecule has 1 aliphatic heterocycles. The molecule has 0 unspecified atom stereocenters. The van der Waals surface area contributed by atoms with Crippen molar-refractivity contribution >= 4 is 17.3 Å². The molecule has 0 amide bonds. The van der Waals surface area contributed by atoms with Crippen molar-refractivity contribution in [2.45, 2.75) is 39.2 Å². The molecule has 0 aromatic carbocycles. The molecule has 3 rings (SSSR count). The van der Waals surface area contributed by atoms with Crippen LogP contribution >= 0.6 is 11.3 Å². The maximum absolute atomic E-state index is 11.7. The number of hydrogen-bond donors (Lipinski definition) is 0. The van der Waals surface area contributed by atoms with Gasteiger partial charge in [0.25, 0.3) is 0 Å². The second-order valence-corrected chi connectivity index (χ2v) is 7.00. The number of aryl methyl sites for hydroxylation is 1. The van der Waals surface area contributed by atoms with Crippen molar-refractivity contribution in [3.63, 3.8) is 0 Å². The highest BCUT2D eigenvalue weighted by molar-refractivity contribution is 7.09. The van der Waals surface area contributed by atoms with E-state index in [1.54, 1.807) is 11.3 Å². The van der Waals surface area contributed by atoms with E-state index in [1.807, 2.05) is 24.6 Å². The normalized spacial score (nSPS) is 16.2. The Kier molecular flexibility index (Phi) is 5.58. The highest BCUT2D eigenvalue weighted by Crippen LogP contribution is 2.31. The van der Waals surface area contributed by atoms with Crippen molar-refractivity contribution in [2.24, 2.45) is 0 Å². The lowest BCUT2D eigenvalue weighted by molar-refractivity contribution is 0.0520. The molecule has 5 nitrogen and oxygen atoms in total. The SMILES string of the molecule is CCOC(=O)c1csc(C2CCN(Cc3ncccc3C)CC2)n1. The van der Waals surface area contributed by atoms with Crippen LogP contribution in [0.5, 0.6) is 0 Å². The summed E-state index contributed by atoms with van der Waals surface area (Å²) in [7, 11) is 0. The van der Waals surface area contributed by atoms with Crippen molar-refractivity contribution < 1.29 is 9.53 Å². The predicted octanol–water partition coefficient (Wildman–Crippen LogP) is 3.40. The van der Waals surface area contributed by atoms with Crippen molar-refractivity contribution in [1.82, 2.24) is 14.9 Å². The molecule has 0 atom stereocenters. The molecular weight excluding hydrogens is 322 g/mol. The van der Waals surface area contributed by atoms with E-state index in [2.05, 4.69) is 27.9 Å². The molecule has 6 heteroatoms. The molecule has 0 N–H and O–H groups in total. The van der Waals surface area contributed by atoms with Crippen LogP contribution in [0.1, 0.15) is 52.4 Å². The van der Waals surface area contributed by atoms with E-state index in [4.69, 9.17) is 4.74 Å². The summed E-state index contributed by atoms with van der Waals surface area (Å²) in [4.78, 5) is 23.2. The lowest BCUT2D eigenvalue weighted by atomic mass is 9.97. The molecule has 0 saturated carbocycles. The minimum Gasteiger partial charge on any atom is -0.461 e. The lowest BCUT2D eigenvalue weighted by Crippen LogP contribution is -2.33. The van der Waals surface area contributed by atoms with Crippen LogP contribution in [-0.4, -0.2) is 40.5 Å². The number of nitrogens with zero attached hydrogens (tertiary/aromatic N) is 3. The van der Waals surface area contributed by atoms with E-state index >= 15 is 0 Å². The maximum Gasteiger partial charge on any atom is 0.357 e. The fraction of sp³-hybridized carbons (Fsp3) is 0.500. The Labute approximate surface area is 146 Å². The van der Waals surface area contributed by atoms with Gasteiger partial charge in [-0.2, -0.15) is 0 Å². The first-order chi connectivity index (χ1) is 11.7. The third kappa shape index (κ3) is 3.99. The molecule has 1 aliphatic rings. The summed E-state index contributed by atoms with van der Waals surface area (Å²) < 4.78 is 5.01. The number of hydrogen-bond acceptors (Lipinski definition) is 6. The molecule has 128 valence electrons. The first-order valence-corrected chi connectivity index (χ1v) is 9.30. The van der Waals surface area contributed by atoms with Gasteiger partial charge in [0.2, 0.25) is 0 Å². The van der Waals surface area contributed by atoms with Gasteiger partial charge >= 0.3 is 5.97 Å². The number of carbonyl (C=O) groups excluding carboxylic acids is 1. The van der Waals surface area contributed by atoms with E-state index in [9.17, 15) is 4.79 Å². The van der Waals surface area contributed by atoms with Gasteiger partial charge in [-0.1, -0.05) is 6.07 Å². The Balaban J connectivity index is 1.55. The van der Waals surface area contributed by atoms with Gasteiger partial charge in [0, 0.05) is 24.0 Å². The molecule has 2 aromatic heterocycles. The van der Waals surface area contributed by atoms with Gasteiger partial charge in [-0.3, -0.25) is 9.88 Å². The number of thiazole rings is 1. The fourth-order valence-electron chi connectivity index (χ4n) is 3.01. The van der Waals surface area contributed by atoms with Crippen LogP contribution in [-0.2, 0) is 11.3 Å². The number of rotatable bonds is 5. The standard InChI is InChI=1S/C18H23N3O2S/c1-3-23-18(22)16-12-24-17(20-16)14-6-9-21(10-7-14)11-15-13(2)5-4-8-19-15/h4-5,8,12,14H,3,6-7,9-11H2,1-2H3. The molecule has 1 saturated heterocycles. The number of ether oxygens (including phenoxy) is 1. The molecule has 0 aliphatic carbocycles. The van der Waals surface area contributed by atoms with E-state index in [0.29, 0.717) is 18.2 Å². The molecule has 0 radical (unpaired) electrons. The first-order valence-electron chi connectivity index (χ1n) is 8.42. The van der Waals surface area contributed by atoms with Gasteiger partial charge in [-0.25, -0.2) is 9.78 Å². The first kappa shape index (κ1) is 17.0. The monoisotopic (exact) mass is 345 g/mol. The van der Waals surface area contributed by atoms with Gasteiger partial charge in [-0.05, 0) is 51.4 Å². The Hall–Kier alpha value is -1.79. The van der Waals surface area contributed by atoms with Crippen LogP contribution < -0.4 is 0 Å². The zero-order chi connectivity index (χ0) is 16.9. The molecule has 3 heterocycles. The zero-order valence-electron chi connectivity index (χ0n) is 14.2. The van der Waals surface area contributed by atoms with Crippen molar-refractivity contribution in [2.75, 3.05) is 19.7 Å². The summed E-state index contributed by atoms with van der Waals surface area (Å²) in [6, 6.07) is 4.09. The number of pyridine rings is 1. The smallest absolute Gasteiger partial charge is 0.357 e. The lowest BCUT2D eigenvalue weighted by Gasteiger charge is -2.31. The second kappa shape index (κ2) is 7.85. The van der Waals surface area contributed by atoms with Crippen LogP contribution in [0, 0.1) is 6.92 Å². The van der Waals surface area contributed by atoms with Gasteiger partial charge < -0.3 is 4.74 Å². The zero-order valence-corrected chi connectivity index (χ0v) is 15.0. The summed E-state index contributed by atoms with van der Waals surface area (Å²) in [6.07, 6.45) is 4.00. The highest BCUT2D eigenvalue weighted by Gasteiger charge is 2.24. The third-order valence-corrected chi connectivity index (χ3v) is 5.44. The number of likely N-dealkylation sites (tertiary alicyclic amines) is 1. The highest BCUT2D eigenvalue weighted by atomic mass is 32.1. The minimum atomic E-state index is -0.317. The van der Waals surface area contributed by atoms with Crippen LogP contribution in [0.25, 0.3) is 0 Å². The molecular formula is C18H23N3O2S. The molecule has 2 aromatic rings. The van der Waals surface area contributed by atoms with E-state index in [1.165, 1.54) is 5.56 Å². The van der Waals surface area contributed by atoms with E-state index in [-0.39, 0.29) is 5.97 Å². The number of esters is 1. The molecule has 24 heavy (non-hydrogen) atoms. The minimum absolute atomic E-state index is 0.317. The fourth-order valence-corrected chi connectivity index (χ4v) is 3.97. The number of piperidine rings is 1. The second-order valence-electron chi connectivity index (χ2n) is 6.11. The summed E-state index contributed by atoms with van der Waals surface area (Å²) in [5.74, 6) is 0.127. The summed E-state index contributed by atoms with van der Waals surface area (Å²) in [6.45, 7) is 7.29. The van der Waals surface area contributed by atoms with Gasteiger partial charge in [0.1, 0.15) is 0 Å². The van der Waals surface area contributed by atoms with Gasteiger partial charge in [0.05, 0.1) is 17.3 Å². The number of carbonyl (C=O) groups is 1.